The van der Waals surface area contributed by atoms with Gasteiger partial charge in [0.25, 0.3) is 5.91 Å². The monoisotopic (exact) mass is 298 g/mol. The maximum Gasteiger partial charge on any atom is 0.253 e. The molecule has 0 radical (unpaired) electrons. The van der Waals surface area contributed by atoms with Crippen molar-refractivity contribution in [2.24, 2.45) is 7.05 Å². The van der Waals surface area contributed by atoms with Gasteiger partial charge in [-0.1, -0.05) is 41.9 Å². The minimum Gasteiger partial charge on any atom is -0.350 e. The molecule has 106 valence electrons. The van der Waals surface area contributed by atoms with Crippen LogP contribution in [-0.2, 0) is 13.6 Å². The molecule has 0 atom stereocenters. The van der Waals surface area contributed by atoms with E-state index in [4.69, 9.17) is 11.6 Å². The first kappa shape index (κ1) is 13.7. The molecule has 0 saturated carbocycles. The molecule has 0 saturated heterocycles. The molecule has 21 heavy (non-hydrogen) atoms. The van der Waals surface area contributed by atoms with E-state index in [1.807, 2.05) is 66.3 Å². The van der Waals surface area contributed by atoms with E-state index in [1.54, 1.807) is 0 Å². The number of para-hydroxylation sites is 1. The van der Waals surface area contributed by atoms with Crippen LogP contribution in [0.5, 0.6) is 0 Å². The fraction of sp³-hybridized carbons (Fsp3) is 0.118. The van der Waals surface area contributed by atoms with Crippen LogP contribution in [0, 0.1) is 0 Å². The Kier molecular flexibility index (Phi) is 3.67. The number of rotatable bonds is 3. The van der Waals surface area contributed by atoms with Crippen LogP contribution < -0.4 is 5.32 Å². The van der Waals surface area contributed by atoms with Crippen molar-refractivity contribution in [1.29, 1.82) is 0 Å². The first-order chi connectivity index (χ1) is 10.2. The van der Waals surface area contributed by atoms with Crippen LogP contribution in [0.25, 0.3) is 10.9 Å². The summed E-state index contributed by atoms with van der Waals surface area (Å²) in [5.74, 6) is -0.0951. The maximum absolute atomic E-state index is 12.4. The van der Waals surface area contributed by atoms with Crippen molar-refractivity contribution in [3.8, 4) is 0 Å². The average Bonchev–Trinajstić information content (AvgIpc) is 2.88. The van der Waals surface area contributed by atoms with E-state index >= 15 is 0 Å². The summed E-state index contributed by atoms with van der Waals surface area (Å²) in [6, 6.07) is 15.2. The van der Waals surface area contributed by atoms with Gasteiger partial charge in [-0.25, -0.2) is 0 Å². The van der Waals surface area contributed by atoms with Crippen LogP contribution >= 0.6 is 11.6 Å². The van der Waals surface area contributed by atoms with Gasteiger partial charge in [0.1, 0.15) is 0 Å². The highest BCUT2D eigenvalue weighted by molar-refractivity contribution is 6.31. The van der Waals surface area contributed by atoms with E-state index in [-0.39, 0.29) is 5.91 Å². The van der Waals surface area contributed by atoms with Crippen LogP contribution in [0.2, 0.25) is 5.02 Å². The van der Waals surface area contributed by atoms with Crippen molar-refractivity contribution >= 4 is 28.4 Å². The Morgan fingerprint density at radius 1 is 1.14 bits per heavy atom. The normalized spacial score (nSPS) is 10.8. The lowest BCUT2D eigenvalue weighted by atomic mass is 10.1. The molecule has 2 aromatic carbocycles. The Morgan fingerprint density at radius 2 is 1.95 bits per heavy atom. The smallest absolute Gasteiger partial charge is 0.253 e. The fourth-order valence-corrected chi connectivity index (χ4v) is 2.65. The average molecular weight is 299 g/mol. The Balaban J connectivity index is 1.85. The third-order valence-corrected chi connectivity index (χ3v) is 3.91. The number of aromatic nitrogens is 1. The van der Waals surface area contributed by atoms with E-state index in [9.17, 15) is 4.79 Å². The molecule has 1 heterocycles. The molecule has 3 rings (SSSR count). The van der Waals surface area contributed by atoms with Gasteiger partial charge in [0.15, 0.2) is 0 Å². The lowest BCUT2D eigenvalue weighted by Crippen LogP contribution is -2.23. The number of aryl methyl sites for hydroxylation is 1. The Hall–Kier alpha value is -2.26. The summed E-state index contributed by atoms with van der Waals surface area (Å²) in [6.07, 6.45) is 1.95. The number of hydrogen-bond acceptors (Lipinski definition) is 1. The lowest BCUT2D eigenvalue weighted by molar-refractivity contribution is 0.0952. The quantitative estimate of drug-likeness (QED) is 0.785. The first-order valence-electron chi connectivity index (χ1n) is 6.72. The van der Waals surface area contributed by atoms with Crippen LogP contribution in [0.1, 0.15) is 15.9 Å². The molecule has 0 unspecified atom stereocenters. The van der Waals surface area contributed by atoms with Gasteiger partial charge in [-0.05, 0) is 23.8 Å². The third-order valence-electron chi connectivity index (χ3n) is 3.54. The molecule has 0 aliphatic rings. The van der Waals surface area contributed by atoms with Gasteiger partial charge in [-0.15, -0.1) is 0 Å². The van der Waals surface area contributed by atoms with E-state index in [0.717, 1.165) is 16.5 Å². The van der Waals surface area contributed by atoms with Crippen LogP contribution in [-0.4, -0.2) is 10.5 Å². The summed E-state index contributed by atoms with van der Waals surface area (Å²) < 4.78 is 1.96. The van der Waals surface area contributed by atoms with Crippen LogP contribution in [0.3, 0.4) is 0 Å². The first-order valence-corrected chi connectivity index (χ1v) is 7.10. The second kappa shape index (κ2) is 5.62. The molecule has 0 bridgehead atoms. The number of nitrogens with zero attached hydrogens (tertiary/aromatic N) is 1. The third kappa shape index (κ3) is 2.65. The van der Waals surface area contributed by atoms with Crippen LogP contribution in [0.15, 0.2) is 54.7 Å². The summed E-state index contributed by atoms with van der Waals surface area (Å²) in [5.41, 5.74) is 2.52. The van der Waals surface area contributed by atoms with Gasteiger partial charge < -0.3 is 9.88 Å². The second-order valence-corrected chi connectivity index (χ2v) is 5.35. The maximum atomic E-state index is 12.4. The molecule has 0 aliphatic heterocycles. The summed E-state index contributed by atoms with van der Waals surface area (Å²) in [4.78, 5) is 12.4. The van der Waals surface area contributed by atoms with E-state index in [0.29, 0.717) is 17.1 Å². The van der Waals surface area contributed by atoms with Gasteiger partial charge in [0, 0.05) is 30.2 Å². The standard InChI is InChI=1S/C17H15ClN2O/c1-20-10-9-12-6-4-7-14(16(12)20)17(21)19-11-13-5-2-3-8-15(13)18/h2-10H,11H2,1H3,(H,19,21). The van der Waals surface area contributed by atoms with Gasteiger partial charge in [-0.2, -0.15) is 0 Å². The predicted octanol–water partition coefficient (Wildman–Crippen LogP) is 3.76. The molecule has 1 amide bonds. The molecule has 3 nitrogen and oxygen atoms in total. The Bertz CT molecular complexity index is 807. The van der Waals surface area contributed by atoms with Gasteiger partial charge >= 0.3 is 0 Å². The molecular formula is C17H15ClN2O. The summed E-state index contributed by atoms with van der Waals surface area (Å²) in [7, 11) is 1.94. The van der Waals surface area contributed by atoms with Gasteiger partial charge in [0.05, 0.1) is 11.1 Å². The Labute approximate surface area is 128 Å². The number of carbonyl (C=O) groups is 1. The Morgan fingerprint density at radius 3 is 2.76 bits per heavy atom. The van der Waals surface area contributed by atoms with Crippen molar-refractivity contribution in [3.63, 3.8) is 0 Å². The highest BCUT2D eigenvalue weighted by atomic mass is 35.5. The SMILES string of the molecule is Cn1ccc2cccc(C(=O)NCc3ccccc3Cl)c21. The zero-order valence-corrected chi connectivity index (χ0v) is 12.4. The molecule has 0 spiro atoms. The number of benzene rings is 2. The molecule has 1 aromatic heterocycles. The number of nitrogens with one attached hydrogen (secondary N) is 1. The minimum absolute atomic E-state index is 0.0951. The van der Waals surface area contributed by atoms with Crippen molar-refractivity contribution < 1.29 is 4.79 Å². The van der Waals surface area contributed by atoms with Crippen molar-refractivity contribution in [2.75, 3.05) is 0 Å². The second-order valence-electron chi connectivity index (χ2n) is 4.94. The highest BCUT2D eigenvalue weighted by Crippen LogP contribution is 2.20. The zero-order chi connectivity index (χ0) is 14.8. The lowest BCUT2D eigenvalue weighted by Gasteiger charge is -2.09. The number of hydrogen-bond donors (Lipinski definition) is 1. The van der Waals surface area contributed by atoms with E-state index in [1.165, 1.54) is 0 Å². The largest absolute Gasteiger partial charge is 0.350 e. The topological polar surface area (TPSA) is 34.0 Å². The molecule has 1 N–H and O–H groups in total. The summed E-state index contributed by atoms with van der Waals surface area (Å²) >= 11 is 6.10. The summed E-state index contributed by atoms with van der Waals surface area (Å²) in [5, 5.41) is 4.65. The van der Waals surface area contributed by atoms with Gasteiger partial charge in [-0.3, -0.25) is 4.79 Å². The molecule has 3 aromatic rings. The molecular weight excluding hydrogens is 284 g/mol. The fourth-order valence-electron chi connectivity index (χ4n) is 2.45. The highest BCUT2D eigenvalue weighted by Gasteiger charge is 2.12. The number of carbonyl (C=O) groups excluding carboxylic acids is 1. The van der Waals surface area contributed by atoms with E-state index < -0.39 is 0 Å². The molecule has 4 heteroatoms. The number of amides is 1. The number of halogens is 1. The van der Waals surface area contributed by atoms with E-state index in [2.05, 4.69) is 5.32 Å². The predicted molar refractivity (Wildman–Crippen MR) is 85.5 cm³/mol. The van der Waals surface area contributed by atoms with Gasteiger partial charge in [0.2, 0.25) is 0 Å². The molecule has 0 aliphatic carbocycles. The van der Waals surface area contributed by atoms with Crippen molar-refractivity contribution in [1.82, 2.24) is 9.88 Å². The minimum atomic E-state index is -0.0951. The zero-order valence-electron chi connectivity index (χ0n) is 11.6. The molecule has 0 fully saturated rings. The van der Waals surface area contributed by atoms with Crippen LogP contribution in [0.4, 0.5) is 0 Å². The van der Waals surface area contributed by atoms with Crippen molar-refractivity contribution in [3.05, 3.63) is 70.9 Å². The number of fused-ring (bicyclic) bond motifs is 1. The van der Waals surface area contributed by atoms with Crippen molar-refractivity contribution in [2.45, 2.75) is 6.54 Å². The summed E-state index contributed by atoms with van der Waals surface area (Å²) in [6.45, 7) is 0.416.